The van der Waals surface area contributed by atoms with Crippen LogP contribution in [0.3, 0.4) is 0 Å². The molecule has 2 heterocycles. The lowest BCUT2D eigenvalue weighted by Crippen LogP contribution is -2.48. The highest BCUT2D eigenvalue weighted by atomic mass is 19.1. The minimum atomic E-state index is -1.05. The van der Waals surface area contributed by atoms with Crippen LogP contribution in [0.25, 0.3) is 10.9 Å². The first-order chi connectivity index (χ1) is 17.7. The first kappa shape index (κ1) is 24.6. The molecular formula is C28H30FN6O2+. The molecule has 0 aliphatic heterocycles. The summed E-state index contributed by atoms with van der Waals surface area (Å²) in [4.78, 5) is 17.4. The molecule has 1 aliphatic carbocycles. The van der Waals surface area contributed by atoms with Crippen LogP contribution in [-0.4, -0.2) is 43.1 Å². The second-order valence-electron chi connectivity index (χ2n) is 9.90. The van der Waals surface area contributed by atoms with E-state index in [1.165, 1.54) is 12.1 Å². The molecule has 6 N–H and O–H groups in total. The summed E-state index contributed by atoms with van der Waals surface area (Å²) in [7, 11) is 0. The Morgan fingerprint density at radius 2 is 2.08 bits per heavy atom. The Balaban J connectivity index is 1.30. The van der Waals surface area contributed by atoms with Gasteiger partial charge in [0.1, 0.15) is 5.82 Å². The Morgan fingerprint density at radius 1 is 1.24 bits per heavy atom. The molecule has 0 radical (unpaired) electrons. The number of aryl methyl sites for hydroxylation is 1. The van der Waals surface area contributed by atoms with Gasteiger partial charge in [-0.2, -0.15) is 5.10 Å². The molecule has 37 heavy (non-hydrogen) atoms. The lowest BCUT2D eigenvalue weighted by atomic mass is 9.81. The number of hydrogen-bond donors (Lipinski definition) is 4. The average Bonchev–Trinajstić information content (AvgIpc) is 3.24. The van der Waals surface area contributed by atoms with Gasteiger partial charge in [-0.1, -0.05) is 0 Å². The van der Waals surface area contributed by atoms with Crippen LogP contribution in [-0.2, 0) is 6.54 Å². The Morgan fingerprint density at radius 3 is 2.89 bits per heavy atom. The maximum Gasteiger partial charge on any atom is 0.251 e. The maximum atomic E-state index is 13.5. The molecule has 8 nitrogen and oxygen atoms in total. The number of aliphatic hydroxyl groups is 1. The zero-order valence-electron chi connectivity index (χ0n) is 20.6. The van der Waals surface area contributed by atoms with E-state index in [0.29, 0.717) is 40.8 Å². The van der Waals surface area contributed by atoms with Crippen molar-refractivity contribution in [2.45, 2.75) is 50.8 Å². The van der Waals surface area contributed by atoms with Gasteiger partial charge >= 0.3 is 0 Å². The largest absolute Gasteiger partial charge is 0.398 e. The molecule has 2 atom stereocenters. The van der Waals surface area contributed by atoms with Crippen molar-refractivity contribution >= 4 is 28.2 Å². The highest BCUT2D eigenvalue weighted by molar-refractivity contribution is 6.13. The third-order valence-corrected chi connectivity index (χ3v) is 7.02. The highest BCUT2D eigenvalue weighted by Gasteiger charge is 2.36. The van der Waals surface area contributed by atoms with E-state index in [2.05, 4.69) is 15.4 Å². The number of rotatable bonds is 6. The number of nitrogens with zero attached hydrogens (tertiary/aromatic N) is 3. The molecule has 0 unspecified atom stereocenters. The second-order valence-corrected chi connectivity index (χ2v) is 9.90. The van der Waals surface area contributed by atoms with Crippen molar-refractivity contribution < 1.29 is 19.7 Å². The van der Waals surface area contributed by atoms with Gasteiger partial charge in [-0.25, -0.2) is 4.39 Å². The number of halogens is 1. The molecule has 1 fully saturated rings. The maximum absolute atomic E-state index is 13.5. The first-order valence-corrected chi connectivity index (χ1v) is 12.3. The predicted molar refractivity (Wildman–Crippen MR) is 139 cm³/mol. The van der Waals surface area contributed by atoms with Crippen molar-refractivity contribution in [1.29, 1.82) is 0 Å². The Bertz CT molecular complexity index is 1500. The number of carbonyl (C=O) groups is 1. The van der Waals surface area contributed by atoms with Crippen molar-refractivity contribution in [1.82, 2.24) is 20.1 Å². The number of nitrogens with one attached hydrogen (secondary N) is 1. The van der Waals surface area contributed by atoms with Crippen LogP contribution in [0.1, 0.15) is 52.9 Å². The van der Waals surface area contributed by atoms with Crippen LogP contribution in [0.4, 0.5) is 10.1 Å². The Hall–Kier alpha value is -4.11. The molecule has 0 saturated heterocycles. The van der Waals surface area contributed by atoms with E-state index in [4.69, 9.17) is 11.1 Å². The fourth-order valence-corrected chi connectivity index (χ4v) is 5.14. The van der Waals surface area contributed by atoms with Crippen molar-refractivity contribution in [3.8, 4) is 0 Å². The van der Waals surface area contributed by atoms with Gasteiger partial charge in [0.15, 0.2) is 0 Å². The van der Waals surface area contributed by atoms with E-state index in [0.717, 1.165) is 29.6 Å². The number of fused-ring (bicyclic) bond motifs is 1. The van der Waals surface area contributed by atoms with Gasteiger partial charge in [0.05, 0.1) is 29.4 Å². The summed E-state index contributed by atoms with van der Waals surface area (Å²) in [5, 5.41) is 25.9. The standard InChI is InChI=1S/C28H29FN6O2/c1-17-11-18(8-10-32-17)26(31)23-13-19(4-6-24(23)30)27(36)34-22-3-2-9-28(37,14-22)16-35-25-7-5-21(29)12-20(25)15-33-35/h4-8,10-13,15,22,31,37H,2-3,9,14,16,30H2,1H3,(H,34,36)/p+1/t22-,28-/m0/s1. The molecule has 5 rings (SSSR count). The van der Waals surface area contributed by atoms with E-state index in [1.807, 2.05) is 13.0 Å². The number of pyridine rings is 1. The van der Waals surface area contributed by atoms with Gasteiger partial charge in [-0.05, 0) is 81.1 Å². The van der Waals surface area contributed by atoms with E-state index in [9.17, 15) is 14.3 Å². The summed E-state index contributed by atoms with van der Waals surface area (Å²) in [5.74, 6) is -0.582. The van der Waals surface area contributed by atoms with Gasteiger partial charge in [-0.15, -0.1) is 0 Å². The minimum Gasteiger partial charge on any atom is -0.398 e. The molecule has 190 valence electrons. The zero-order chi connectivity index (χ0) is 26.2. The topological polar surface area (TPSA) is 132 Å². The van der Waals surface area contributed by atoms with Gasteiger partial charge in [0.2, 0.25) is 5.71 Å². The smallest absolute Gasteiger partial charge is 0.251 e. The van der Waals surface area contributed by atoms with E-state index in [1.54, 1.807) is 47.4 Å². The molecular weight excluding hydrogens is 471 g/mol. The number of nitrogen functional groups attached to an aromatic ring is 1. The number of hydrogen-bond acceptors (Lipinski definition) is 5. The SMILES string of the molecule is Cc1cc(C(=[NH2+])c2cc(C(=O)N[C@H]3CCC[C@@](O)(Cn4ncc5cc(F)ccc54)C3)ccc2N)ccn1. The normalized spacial score (nSPS) is 19.6. The van der Waals surface area contributed by atoms with Gasteiger partial charge in [-0.3, -0.25) is 19.9 Å². The van der Waals surface area contributed by atoms with Crippen LogP contribution in [0.5, 0.6) is 0 Å². The number of aromatic nitrogens is 3. The summed E-state index contributed by atoms with van der Waals surface area (Å²) >= 11 is 0. The van der Waals surface area contributed by atoms with Crippen LogP contribution < -0.4 is 16.5 Å². The molecule has 0 bridgehead atoms. The van der Waals surface area contributed by atoms with Gasteiger partial charge in [0, 0.05) is 40.1 Å². The van der Waals surface area contributed by atoms with Crippen LogP contribution in [0.15, 0.2) is 60.9 Å². The summed E-state index contributed by atoms with van der Waals surface area (Å²) in [6, 6.07) is 13.0. The summed E-state index contributed by atoms with van der Waals surface area (Å²) in [6.45, 7) is 2.14. The van der Waals surface area contributed by atoms with Crippen molar-refractivity contribution in [3.63, 3.8) is 0 Å². The third kappa shape index (κ3) is 5.22. The van der Waals surface area contributed by atoms with Crippen molar-refractivity contribution in [3.05, 3.63) is 89.1 Å². The number of anilines is 1. The highest BCUT2D eigenvalue weighted by Crippen LogP contribution is 2.31. The quantitative estimate of drug-likeness (QED) is 0.238. The van der Waals surface area contributed by atoms with Crippen LogP contribution in [0.2, 0.25) is 0 Å². The lowest BCUT2D eigenvalue weighted by molar-refractivity contribution is -0.111. The number of carbonyl (C=O) groups excluding carboxylic acids is 1. The molecule has 1 amide bonds. The molecule has 9 heteroatoms. The van der Waals surface area contributed by atoms with E-state index >= 15 is 0 Å². The first-order valence-electron chi connectivity index (χ1n) is 12.3. The molecule has 1 saturated carbocycles. The Kier molecular flexibility index (Phi) is 6.47. The number of amides is 1. The summed E-state index contributed by atoms with van der Waals surface area (Å²) in [5.41, 5.74) is 9.47. The number of nitrogens with two attached hydrogens (primary N) is 2. The monoisotopic (exact) mass is 501 g/mol. The third-order valence-electron chi connectivity index (χ3n) is 7.02. The minimum absolute atomic E-state index is 0.212. The molecule has 2 aromatic carbocycles. The fraction of sp³-hybridized carbons (Fsp3) is 0.286. The zero-order valence-corrected chi connectivity index (χ0v) is 20.6. The fourth-order valence-electron chi connectivity index (χ4n) is 5.14. The van der Waals surface area contributed by atoms with E-state index < -0.39 is 5.60 Å². The summed E-state index contributed by atoms with van der Waals surface area (Å²) in [6.07, 6.45) is 5.76. The van der Waals surface area contributed by atoms with Gasteiger partial charge in [0.25, 0.3) is 5.91 Å². The predicted octanol–water partition coefficient (Wildman–Crippen LogP) is 2.16. The molecule has 4 aromatic rings. The van der Waals surface area contributed by atoms with Crippen molar-refractivity contribution in [2.75, 3.05) is 5.73 Å². The van der Waals surface area contributed by atoms with Crippen LogP contribution >= 0.6 is 0 Å². The second kappa shape index (κ2) is 9.74. The molecule has 0 spiro atoms. The Labute approximate surface area is 213 Å². The van der Waals surface area contributed by atoms with Gasteiger partial charge < -0.3 is 16.2 Å². The average molecular weight is 502 g/mol. The molecule has 2 aromatic heterocycles. The lowest BCUT2D eigenvalue weighted by Gasteiger charge is -2.37. The van der Waals surface area contributed by atoms with E-state index in [-0.39, 0.29) is 24.3 Å². The van der Waals surface area contributed by atoms with Crippen molar-refractivity contribution in [2.24, 2.45) is 0 Å². The van der Waals surface area contributed by atoms with Crippen LogP contribution in [0, 0.1) is 12.7 Å². The number of benzene rings is 2. The molecule has 1 aliphatic rings. The summed E-state index contributed by atoms with van der Waals surface area (Å²) < 4.78 is 15.2.